The fourth-order valence-electron chi connectivity index (χ4n) is 9.31. The van der Waals surface area contributed by atoms with Gasteiger partial charge in [0.1, 0.15) is 13.2 Å². The molecule has 2 unspecified atom stereocenters. The van der Waals surface area contributed by atoms with Crippen LogP contribution in [0.25, 0.3) is 0 Å². The Morgan fingerprint density at radius 2 is 0.621 bits per heavy atom. The fourth-order valence-corrected chi connectivity index (χ4v) is 9.31. The summed E-state index contributed by atoms with van der Waals surface area (Å²) in [5.41, 5.74) is 0. The quantitative estimate of drug-likeness (QED) is 0.0195. The number of carbonyl (C=O) groups excluding carboxylic acids is 3. The number of unbranched alkanes of at least 4 members (excludes halogenated alkanes) is 24. The summed E-state index contributed by atoms with van der Waals surface area (Å²) < 4.78 is 22.7. The van der Waals surface area contributed by atoms with Gasteiger partial charge in [0.2, 0.25) is 0 Å². The third-order valence-electron chi connectivity index (χ3n) is 14.6. The minimum atomic E-state index is -1.64. The molecule has 0 amide bonds. The van der Waals surface area contributed by atoms with E-state index in [1.54, 1.807) is 0 Å². The standard InChI is InChI=1S/C78H129NO8/c1-6-8-10-12-14-16-18-20-22-24-26-28-30-32-34-35-36-37-38-39-40-41-43-44-46-48-50-52-54-56-58-60-62-64-66-68-75(80)85-72-74(73-86-78(77(82)83)84-71-70-79(3,4)5)87-76(81)69-67-65-63-61-59-57-55-53-51-49-47-45-42-33-31-29-27-25-23-21-19-17-15-13-11-9-7-2/h8-11,14-17,20-23,26-29,33,42,47,49,53,55,59,61,74,78H,6-7,12-13,18-19,24-25,30-32,34-41,43-46,48,50-52,54,56-58,60,62-73H2,1-5H3/b10-8-,11-9-,16-14-,17-15-,22-20-,23-21-,28-26-,29-27-,42-33-,49-47-,55-53-,61-59-. The number of nitrogens with zero attached hydrogens (tertiary/aromatic N) is 1. The number of hydrogen-bond acceptors (Lipinski definition) is 8. The van der Waals surface area contributed by atoms with E-state index in [4.69, 9.17) is 18.9 Å². The van der Waals surface area contributed by atoms with Crippen molar-refractivity contribution in [3.05, 3.63) is 146 Å². The lowest BCUT2D eigenvalue weighted by atomic mass is 10.0. The highest BCUT2D eigenvalue weighted by Gasteiger charge is 2.22. The van der Waals surface area contributed by atoms with Gasteiger partial charge in [0.05, 0.1) is 40.3 Å². The number of carbonyl (C=O) groups is 3. The number of ether oxygens (including phenoxy) is 4. The number of aliphatic carboxylic acids is 1. The number of quaternary nitrogens is 1. The van der Waals surface area contributed by atoms with Crippen LogP contribution in [0, 0.1) is 0 Å². The van der Waals surface area contributed by atoms with Crippen molar-refractivity contribution in [2.24, 2.45) is 0 Å². The summed E-state index contributed by atoms with van der Waals surface area (Å²) in [7, 11) is 5.91. The van der Waals surface area contributed by atoms with Crippen molar-refractivity contribution < 1.29 is 42.9 Å². The molecule has 494 valence electrons. The molecule has 0 heterocycles. The number of hydrogen-bond donors (Lipinski definition) is 0. The molecule has 0 saturated heterocycles. The molecule has 0 rings (SSSR count). The van der Waals surface area contributed by atoms with E-state index >= 15 is 0 Å². The Balaban J connectivity index is 4.16. The van der Waals surface area contributed by atoms with Crippen LogP contribution in [-0.4, -0.2) is 82.3 Å². The number of allylic oxidation sites excluding steroid dienone is 24. The molecule has 2 atom stereocenters. The second-order valence-corrected chi connectivity index (χ2v) is 24.1. The number of rotatable bonds is 63. The SMILES string of the molecule is CC/C=C\C/C=C\C/C=C\C/C=C\C/C=C\C/C=C\C/C=C\C/C=C\CCCCC(=O)OC(COC(=O)CCCCCCCCCCCCCCCCCCCCCCCC/C=C\C/C=C\C/C=C\C/C=C\CC)COC(OCC[N+](C)(C)C)C(=O)[O-]. The monoisotopic (exact) mass is 1210 g/mol. The van der Waals surface area contributed by atoms with E-state index in [0.717, 1.165) is 109 Å². The van der Waals surface area contributed by atoms with Crippen molar-refractivity contribution in [2.45, 2.75) is 283 Å². The Labute approximate surface area is 534 Å². The first-order valence-corrected chi connectivity index (χ1v) is 35.0. The summed E-state index contributed by atoms with van der Waals surface area (Å²) in [6.07, 6.45) is 95.1. The maximum absolute atomic E-state index is 12.9. The molecule has 9 heteroatoms. The highest BCUT2D eigenvalue weighted by Crippen LogP contribution is 2.17. The third kappa shape index (κ3) is 68.5. The van der Waals surface area contributed by atoms with Crippen LogP contribution in [0.4, 0.5) is 0 Å². The van der Waals surface area contributed by atoms with Crippen molar-refractivity contribution in [3.8, 4) is 0 Å². The molecule has 9 nitrogen and oxygen atoms in total. The van der Waals surface area contributed by atoms with Gasteiger partial charge in [0, 0.05) is 12.8 Å². The predicted octanol–water partition coefficient (Wildman–Crippen LogP) is 20.6. The summed E-state index contributed by atoms with van der Waals surface area (Å²) >= 11 is 0. The largest absolute Gasteiger partial charge is 0.545 e. The maximum atomic E-state index is 12.9. The molecule has 0 aliphatic rings. The molecule has 0 aromatic rings. The van der Waals surface area contributed by atoms with E-state index in [1.165, 1.54) is 128 Å². The average Bonchev–Trinajstić information content (AvgIpc) is 3.56. The van der Waals surface area contributed by atoms with Crippen LogP contribution < -0.4 is 5.11 Å². The van der Waals surface area contributed by atoms with Crippen LogP contribution in [-0.2, 0) is 33.3 Å². The van der Waals surface area contributed by atoms with Gasteiger partial charge < -0.3 is 33.3 Å². The Bertz CT molecular complexity index is 1940. The summed E-state index contributed by atoms with van der Waals surface area (Å²) in [5.74, 6) is -2.35. The van der Waals surface area contributed by atoms with Gasteiger partial charge in [-0.3, -0.25) is 9.59 Å². The first-order chi connectivity index (χ1) is 42.6. The molecule has 0 bridgehead atoms. The van der Waals surface area contributed by atoms with Crippen molar-refractivity contribution in [2.75, 3.05) is 47.5 Å². The van der Waals surface area contributed by atoms with Crippen LogP contribution in [0.1, 0.15) is 271 Å². The van der Waals surface area contributed by atoms with Crippen molar-refractivity contribution >= 4 is 17.9 Å². The van der Waals surface area contributed by atoms with E-state index in [-0.39, 0.29) is 38.6 Å². The highest BCUT2D eigenvalue weighted by molar-refractivity contribution is 5.70. The van der Waals surface area contributed by atoms with Crippen LogP contribution in [0.15, 0.2) is 146 Å². The lowest BCUT2D eigenvalue weighted by molar-refractivity contribution is -0.870. The summed E-state index contributed by atoms with van der Waals surface area (Å²) in [4.78, 5) is 37.5. The van der Waals surface area contributed by atoms with E-state index in [1.807, 2.05) is 21.1 Å². The Morgan fingerprint density at radius 1 is 0.345 bits per heavy atom. The van der Waals surface area contributed by atoms with Gasteiger partial charge in [-0.15, -0.1) is 0 Å². The van der Waals surface area contributed by atoms with Crippen LogP contribution >= 0.6 is 0 Å². The second kappa shape index (κ2) is 67.1. The van der Waals surface area contributed by atoms with Crippen molar-refractivity contribution in [1.82, 2.24) is 0 Å². The number of likely N-dealkylation sites (N-methyl/N-ethyl adjacent to an activating group) is 1. The Hall–Kier alpha value is -4.83. The number of carboxylic acids is 1. The summed E-state index contributed by atoms with van der Waals surface area (Å²) in [6, 6.07) is 0. The van der Waals surface area contributed by atoms with Gasteiger partial charge in [-0.1, -0.05) is 288 Å². The molecule has 0 radical (unpaired) electrons. The summed E-state index contributed by atoms with van der Waals surface area (Å²) in [6.45, 7) is 4.47. The summed E-state index contributed by atoms with van der Waals surface area (Å²) in [5, 5.41) is 11.8. The van der Waals surface area contributed by atoms with Gasteiger partial charge in [-0.25, -0.2) is 0 Å². The zero-order valence-electron chi connectivity index (χ0n) is 56.3. The van der Waals surface area contributed by atoms with Gasteiger partial charge in [-0.2, -0.15) is 0 Å². The van der Waals surface area contributed by atoms with Crippen LogP contribution in [0.5, 0.6) is 0 Å². The van der Waals surface area contributed by atoms with Gasteiger partial charge >= 0.3 is 11.9 Å². The maximum Gasteiger partial charge on any atom is 0.306 e. The number of esters is 2. The molecular formula is C78H129NO8. The van der Waals surface area contributed by atoms with E-state index in [2.05, 4.69) is 160 Å². The molecule has 0 fully saturated rings. The van der Waals surface area contributed by atoms with Crippen LogP contribution in [0.2, 0.25) is 0 Å². The van der Waals surface area contributed by atoms with Crippen molar-refractivity contribution in [1.29, 1.82) is 0 Å². The van der Waals surface area contributed by atoms with Gasteiger partial charge in [0.15, 0.2) is 12.4 Å². The molecule has 0 spiro atoms. The molecule has 0 aliphatic heterocycles. The second-order valence-electron chi connectivity index (χ2n) is 24.1. The number of carboxylic acid groups (broad SMARTS) is 1. The van der Waals surface area contributed by atoms with Crippen LogP contribution in [0.3, 0.4) is 0 Å². The average molecular weight is 1210 g/mol. The van der Waals surface area contributed by atoms with Crippen molar-refractivity contribution in [3.63, 3.8) is 0 Å². The Kier molecular flexibility index (Phi) is 63.4. The molecule has 0 N–H and O–H groups in total. The normalized spacial score (nSPS) is 13.6. The fraction of sp³-hybridized carbons (Fsp3) is 0.654. The first kappa shape index (κ1) is 82.2. The first-order valence-electron chi connectivity index (χ1n) is 35.0. The van der Waals surface area contributed by atoms with E-state index < -0.39 is 24.3 Å². The lowest BCUT2D eigenvalue weighted by Gasteiger charge is -2.26. The van der Waals surface area contributed by atoms with E-state index in [0.29, 0.717) is 17.4 Å². The third-order valence-corrected chi connectivity index (χ3v) is 14.6. The zero-order valence-corrected chi connectivity index (χ0v) is 56.3. The highest BCUT2D eigenvalue weighted by atomic mass is 16.7. The predicted molar refractivity (Wildman–Crippen MR) is 370 cm³/mol. The minimum absolute atomic E-state index is 0.133. The minimum Gasteiger partial charge on any atom is -0.545 e. The van der Waals surface area contributed by atoms with Gasteiger partial charge in [0.25, 0.3) is 0 Å². The molecule has 87 heavy (non-hydrogen) atoms. The molecule has 0 aliphatic carbocycles. The molecular weight excluding hydrogens is 1080 g/mol. The Morgan fingerprint density at radius 3 is 0.943 bits per heavy atom. The molecule has 0 aromatic carbocycles. The smallest absolute Gasteiger partial charge is 0.306 e. The topological polar surface area (TPSA) is 111 Å². The van der Waals surface area contributed by atoms with Gasteiger partial charge in [-0.05, 0) is 116 Å². The van der Waals surface area contributed by atoms with E-state index in [9.17, 15) is 19.5 Å². The molecule has 0 aromatic heterocycles. The zero-order chi connectivity index (χ0) is 63.3. The lowest BCUT2D eigenvalue weighted by Crippen LogP contribution is -2.44. The molecule has 0 saturated carbocycles.